The number of benzene rings is 1. The van der Waals surface area contributed by atoms with E-state index in [1.807, 2.05) is 43.7 Å². The topological polar surface area (TPSA) is 82.2 Å². The second-order valence-electron chi connectivity index (χ2n) is 4.88. The quantitative estimate of drug-likeness (QED) is 0.819. The molecule has 0 aliphatic heterocycles. The molecule has 0 fully saturated rings. The molecule has 1 amide bonds. The summed E-state index contributed by atoms with van der Waals surface area (Å²) >= 11 is 0. The summed E-state index contributed by atoms with van der Waals surface area (Å²) < 4.78 is 6.62. The Morgan fingerprint density at radius 1 is 1.48 bits per heavy atom. The highest BCUT2D eigenvalue weighted by Gasteiger charge is 2.12. The predicted molar refractivity (Wildman–Crippen MR) is 80.3 cm³/mol. The standard InChI is InChI=1S/C15H20N4O2/c1-19-9-13(8-18-19)12-5-3-4-11(6-12)7-17-15(20)14(16)10-21-2/h3-6,8-9,14H,7,10,16H2,1-2H3,(H,17,20). The number of methoxy groups -OCH3 is 1. The van der Waals surface area contributed by atoms with Crippen molar-refractivity contribution >= 4 is 5.91 Å². The summed E-state index contributed by atoms with van der Waals surface area (Å²) in [5.74, 6) is -0.219. The number of nitrogens with zero attached hydrogens (tertiary/aromatic N) is 2. The second-order valence-corrected chi connectivity index (χ2v) is 4.88. The lowest BCUT2D eigenvalue weighted by atomic mass is 10.1. The zero-order valence-corrected chi connectivity index (χ0v) is 12.2. The molecule has 1 unspecified atom stereocenters. The molecular weight excluding hydrogens is 268 g/mol. The van der Waals surface area contributed by atoms with Gasteiger partial charge in [0.05, 0.1) is 12.8 Å². The Bertz CT molecular complexity index is 609. The molecule has 2 rings (SSSR count). The summed E-state index contributed by atoms with van der Waals surface area (Å²) in [5, 5.41) is 6.96. The van der Waals surface area contributed by atoms with E-state index in [0.29, 0.717) is 6.54 Å². The van der Waals surface area contributed by atoms with E-state index in [-0.39, 0.29) is 12.5 Å². The first-order valence-corrected chi connectivity index (χ1v) is 6.70. The Morgan fingerprint density at radius 3 is 2.95 bits per heavy atom. The van der Waals surface area contributed by atoms with Crippen molar-refractivity contribution in [2.45, 2.75) is 12.6 Å². The van der Waals surface area contributed by atoms with Crippen molar-refractivity contribution < 1.29 is 9.53 Å². The number of carbonyl (C=O) groups is 1. The maximum absolute atomic E-state index is 11.7. The van der Waals surface area contributed by atoms with Gasteiger partial charge in [-0.15, -0.1) is 0 Å². The van der Waals surface area contributed by atoms with Gasteiger partial charge in [0.1, 0.15) is 6.04 Å². The first-order chi connectivity index (χ1) is 10.1. The molecule has 1 aromatic heterocycles. The van der Waals surface area contributed by atoms with Crippen LogP contribution in [0.5, 0.6) is 0 Å². The number of hydrogen-bond donors (Lipinski definition) is 2. The molecule has 3 N–H and O–H groups in total. The van der Waals surface area contributed by atoms with E-state index in [4.69, 9.17) is 10.5 Å². The van der Waals surface area contributed by atoms with Crippen LogP contribution in [-0.2, 0) is 23.1 Å². The van der Waals surface area contributed by atoms with Crippen LogP contribution in [0.15, 0.2) is 36.7 Å². The van der Waals surface area contributed by atoms with Gasteiger partial charge in [0.15, 0.2) is 0 Å². The highest BCUT2D eigenvalue weighted by atomic mass is 16.5. The van der Waals surface area contributed by atoms with Crippen LogP contribution in [0.2, 0.25) is 0 Å². The molecule has 0 spiro atoms. The Morgan fingerprint density at radius 2 is 2.29 bits per heavy atom. The smallest absolute Gasteiger partial charge is 0.239 e. The van der Waals surface area contributed by atoms with Gasteiger partial charge in [0, 0.05) is 32.5 Å². The molecule has 0 radical (unpaired) electrons. The van der Waals surface area contributed by atoms with Gasteiger partial charge in [-0.25, -0.2) is 0 Å². The van der Waals surface area contributed by atoms with Crippen LogP contribution >= 0.6 is 0 Å². The van der Waals surface area contributed by atoms with Gasteiger partial charge in [-0.2, -0.15) is 5.10 Å². The van der Waals surface area contributed by atoms with Crippen molar-refractivity contribution in [1.82, 2.24) is 15.1 Å². The molecular formula is C15H20N4O2. The fraction of sp³-hybridized carbons (Fsp3) is 0.333. The second kappa shape index (κ2) is 7.01. The van der Waals surface area contributed by atoms with Gasteiger partial charge in [0.2, 0.25) is 5.91 Å². The number of nitrogens with two attached hydrogens (primary N) is 1. The monoisotopic (exact) mass is 288 g/mol. The maximum atomic E-state index is 11.7. The number of aryl methyl sites for hydroxylation is 1. The van der Waals surface area contributed by atoms with Crippen molar-refractivity contribution in [3.63, 3.8) is 0 Å². The summed E-state index contributed by atoms with van der Waals surface area (Å²) in [5.41, 5.74) is 8.79. The molecule has 0 aliphatic carbocycles. The number of carbonyl (C=O) groups excluding carboxylic acids is 1. The maximum Gasteiger partial charge on any atom is 0.239 e. The van der Waals surface area contributed by atoms with Crippen LogP contribution in [0.1, 0.15) is 5.56 Å². The Balaban J connectivity index is 2.00. The minimum Gasteiger partial charge on any atom is -0.383 e. The van der Waals surface area contributed by atoms with Crippen molar-refractivity contribution in [2.75, 3.05) is 13.7 Å². The Labute approximate surface area is 123 Å². The molecule has 0 bridgehead atoms. The summed E-state index contributed by atoms with van der Waals surface area (Å²) in [4.78, 5) is 11.7. The highest BCUT2D eigenvalue weighted by molar-refractivity contribution is 5.81. The molecule has 1 heterocycles. The normalized spacial score (nSPS) is 12.1. The summed E-state index contributed by atoms with van der Waals surface area (Å²) in [6, 6.07) is 7.32. The largest absolute Gasteiger partial charge is 0.383 e. The highest BCUT2D eigenvalue weighted by Crippen LogP contribution is 2.19. The average molecular weight is 288 g/mol. The van der Waals surface area contributed by atoms with Crippen LogP contribution in [0.4, 0.5) is 0 Å². The van der Waals surface area contributed by atoms with Crippen LogP contribution in [0.3, 0.4) is 0 Å². The lowest BCUT2D eigenvalue weighted by Gasteiger charge is -2.11. The zero-order valence-electron chi connectivity index (χ0n) is 12.2. The SMILES string of the molecule is COCC(N)C(=O)NCc1cccc(-c2cnn(C)c2)c1. The Kier molecular flexibility index (Phi) is 5.08. The molecule has 2 aromatic rings. The third kappa shape index (κ3) is 4.14. The number of aromatic nitrogens is 2. The Hall–Kier alpha value is -2.18. The molecule has 1 aromatic carbocycles. The van der Waals surface area contributed by atoms with Gasteiger partial charge < -0.3 is 15.8 Å². The van der Waals surface area contributed by atoms with Crippen LogP contribution in [0, 0.1) is 0 Å². The lowest BCUT2D eigenvalue weighted by Crippen LogP contribution is -2.43. The first-order valence-electron chi connectivity index (χ1n) is 6.70. The van der Waals surface area contributed by atoms with Crippen LogP contribution in [-0.4, -0.2) is 35.4 Å². The van der Waals surface area contributed by atoms with Crippen molar-refractivity contribution in [1.29, 1.82) is 0 Å². The average Bonchev–Trinajstić information content (AvgIpc) is 2.92. The fourth-order valence-corrected chi connectivity index (χ4v) is 2.01. The number of hydrogen-bond acceptors (Lipinski definition) is 4. The van der Waals surface area contributed by atoms with Gasteiger partial charge in [-0.1, -0.05) is 18.2 Å². The molecule has 0 saturated heterocycles. The van der Waals surface area contributed by atoms with E-state index in [1.165, 1.54) is 7.11 Å². The van der Waals surface area contributed by atoms with E-state index in [9.17, 15) is 4.79 Å². The van der Waals surface area contributed by atoms with Crippen LogP contribution < -0.4 is 11.1 Å². The number of amides is 1. The third-order valence-electron chi connectivity index (χ3n) is 3.11. The minimum atomic E-state index is -0.642. The molecule has 1 atom stereocenters. The summed E-state index contributed by atoms with van der Waals surface area (Å²) in [7, 11) is 3.40. The molecule has 112 valence electrons. The van der Waals surface area contributed by atoms with E-state index in [0.717, 1.165) is 16.7 Å². The lowest BCUT2D eigenvalue weighted by molar-refractivity contribution is -0.123. The summed E-state index contributed by atoms with van der Waals surface area (Å²) in [6.07, 6.45) is 3.76. The van der Waals surface area contributed by atoms with Gasteiger partial charge in [-0.3, -0.25) is 9.48 Å². The van der Waals surface area contributed by atoms with Gasteiger partial charge in [-0.05, 0) is 17.2 Å². The van der Waals surface area contributed by atoms with Gasteiger partial charge >= 0.3 is 0 Å². The van der Waals surface area contributed by atoms with E-state index in [1.54, 1.807) is 4.68 Å². The zero-order chi connectivity index (χ0) is 15.2. The minimum absolute atomic E-state index is 0.210. The number of rotatable bonds is 6. The van der Waals surface area contributed by atoms with Crippen molar-refractivity contribution in [3.8, 4) is 11.1 Å². The molecule has 21 heavy (non-hydrogen) atoms. The molecule has 6 heteroatoms. The molecule has 0 aliphatic rings. The van der Waals surface area contributed by atoms with Gasteiger partial charge in [0.25, 0.3) is 0 Å². The summed E-state index contributed by atoms with van der Waals surface area (Å²) in [6.45, 7) is 0.645. The first kappa shape index (κ1) is 15.2. The van der Waals surface area contributed by atoms with Crippen molar-refractivity contribution in [2.24, 2.45) is 12.8 Å². The molecule has 0 saturated carbocycles. The number of nitrogens with one attached hydrogen (secondary N) is 1. The van der Waals surface area contributed by atoms with Crippen LogP contribution in [0.25, 0.3) is 11.1 Å². The predicted octanol–water partition coefficient (Wildman–Crippen LogP) is 0.677. The fourth-order valence-electron chi connectivity index (χ4n) is 2.01. The number of ether oxygens (including phenoxy) is 1. The third-order valence-corrected chi connectivity index (χ3v) is 3.11. The van der Waals surface area contributed by atoms with E-state index in [2.05, 4.69) is 10.4 Å². The molecule has 6 nitrogen and oxygen atoms in total. The van der Waals surface area contributed by atoms with Crippen molar-refractivity contribution in [3.05, 3.63) is 42.2 Å². The van der Waals surface area contributed by atoms with E-state index < -0.39 is 6.04 Å². The van der Waals surface area contributed by atoms with E-state index >= 15 is 0 Å².